The molecule has 0 atom stereocenters. The van der Waals surface area contributed by atoms with Crippen molar-refractivity contribution < 1.29 is 9.21 Å². The molecule has 0 unspecified atom stereocenters. The van der Waals surface area contributed by atoms with E-state index in [-0.39, 0.29) is 24.3 Å². The van der Waals surface area contributed by atoms with Gasteiger partial charge in [-0.3, -0.25) is 14.6 Å². The normalized spacial score (nSPS) is 11.2. The molecule has 25 heavy (non-hydrogen) atoms. The molecule has 0 aliphatic heterocycles. The minimum atomic E-state index is -0.308. The van der Waals surface area contributed by atoms with Crippen molar-refractivity contribution in [2.45, 2.75) is 33.0 Å². The van der Waals surface area contributed by atoms with Crippen LogP contribution in [0.4, 0.5) is 0 Å². The minimum Gasteiger partial charge on any atom is -0.454 e. The summed E-state index contributed by atoms with van der Waals surface area (Å²) < 4.78 is 10.6. The summed E-state index contributed by atoms with van der Waals surface area (Å²) in [5.74, 6) is 1.25. The molecule has 2 N–H and O–H groups in total. The van der Waals surface area contributed by atoms with Crippen molar-refractivity contribution in [3.63, 3.8) is 0 Å². The Bertz CT molecular complexity index is 938. The van der Waals surface area contributed by atoms with E-state index in [4.69, 9.17) is 16.6 Å². The average molecular weight is 425 g/mol. The van der Waals surface area contributed by atoms with Crippen LogP contribution in [0.3, 0.4) is 0 Å². The number of aromatic amines is 1. The number of hydrogen-bond acceptors (Lipinski definition) is 5. The molecule has 1 amide bonds. The van der Waals surface area contributed by atoms with Crippen LogP contribution in [-0.2, 0) is 13.1 Å². The van der Waals surface area contributed by atoms with Gasteiger partial charge in [-0.15, -0.1) is 0 Å². The molecule has 0 saturated heterocycles. The summed E-state index contributed by atoms with van der Waals surface area (Å²) in [4.78, 5) is 12.3. The van der Waals surface area contributed by atoms with Gasteiger partial charge in [0.25, 0.3) is 5.91 Å². The molecule has 132 valence electrons. The second-order valence-corrected chi connectivity index (χ2v) is 7.02. The lowest BCUT2D eigenvalue weighted by atomic mass is 10.3. The maximum atomic E-state index is 12.3. The van der Waals surface area contributed by atoms with Gasteiger partial charge in [0.2, 0.25) is 0 Å². The highest BCUT2D eigenvalue weighted by atomic mass is 79.9. The SMILES string of the molecule is CC(C)n1c(CNC(=O)c2ccc(Cn3cc(Br)cn3)o2)n[nH]c1=S. The number of nitrogens with zero attached hydrogens (tertiary/aromatic N) is 4. The van der Waals surface area contributed by atoms with E-state index in [2.05, 4.69) is 36.5 Å². The number of hydrogen-bond donors (Lipinski definition) is 2. The average Bonchev–Trinajstić information content (AvgIpc) is 3.26. The number of aromatic nitrogens is 5. The van der Waals surface area contributed by atoms with Crippen LogP contribution in [0.5, 0.6) is 0 Å². The van der Waals surface area contributed by atoms with Crippen LogP contribution in [0, 0.1) is 4.77 Å². The zero-order chi connectivity index (χ0) is 18.0. The molecule has 0 bridgehead atoms. The topological polar surface area (TPSA) is 93.7 Å². The highest BCUT2D eigenvalue weighted by Crippen LogP contribution is 2.13. The van der Waals surface area contributed by atoms with E-state index in [1.165, 1.54) is 0 Å². The van der Waals surface area contributed by atoms with Crippen molar-refractivity contribution in [3.05, 3.63) is 51.1 Å². The van der Waals surface area contributed by atoms with Crippen LogP contribution in [0.2, 0.25) is 0 Å². The van der Waals surface area contributed by atoms with Gasteiger partial charge in [0.1, 0.15) is 5.76 Å². The summed E-state index contributed by atoms with van der Waals surface area (Å²) in [6.45, 7) is 4.71. The van der Waals surface area contributed by atoms with Crippen molar-refractivity contribution in [2.24, 2.45) is 0 Å². The second kappa shape index (κ2) is 7.36. The molecular weight excluding hydrogens is 408 g/mol. The first-order valence-electron chi connectivity index (χ1n) is 7.64. The quantitative estimate of drug-likeness (QED) is 0.593. The van der Waals surface area contributed by atoms with E-state index in [1.54, 1.807) is 23.0 Å². The summed E-state index contributed by atoms with van der Waals surface area (Å²) in [6.07, 6.45) is 3.52. The van der Waals surface area contributed by atoms with Gasteiger partial charge >= 0.3 is 0 Å². The van der Waals surface area contributed by atoms with Crippen molar-refractivity contribution in [1.29, 1.82) is 0 Å². The van der Waals surface area contributed by atoms with Crippen LogP contribution < -0.4 is 5.32 Å². The van der Waals surface area contributed by atoms with Crippen molar-refractivity contribution in [1.82, 2.24) is 29.9 Å². The monoisotopic (exact) mass is 424 g/mol. The highest BCUT2D eigenvalue weighted by molar-refractivity contribution is 9.10. The zero-order valence-corrected chi connectivity index (χ0v) is 16.1. The van der Waals surface area contributed by atoms with Crippen molar-refractivity contribution >= 4 is 34.1 Å². The maximum Gasteiger partial charge on any atom is 0.287 e. The zero-order valence-electron chi connectivity index (χ0n) is 13.7. The van der Waals surface area contributed by atoms with Crippen molar-refractivity contribution in [3.8, 4) is 0 Å². The van der Waals surface area contributed by atoms with E-state index >= 15 is 0 Å². The van der Waals surface area contributed by atoms with Gasteiger partial charge in [0.05, 0.1) is 23.8 Å². The first-order valence-corrected chi connectivity index (χ1v) is 8.85. The molecule has 10 heteroatoms. The molecule has 3 aromatic heterocycles. The second-order valence-electron chi connectivity index (χ2n) is 5.71. The fraction of sp³-hybridized carbons (Fsp3) is 0.333. The highest BCUT2D eigenvalue weighted by Gasteiger charge is 2.14. The minimum absolute atomic E-state index is 0.154. The number of nitrogens with one attached hydrogen (secondary N) is 2. The Kier molecular flexibility index (Phi) is 5.19. The summed E-state index contributed by atoms with van der Waals surface area (Å²) in [7, 11) is 0. The predicted molar refractivity (Wildman–Crippen MR) is 96.7 cm³/mol. The third kappa shape index (κ3) is 4.07. The van der Waals surface area contributed by atoms with E-state index < -0.39 is 0 Å². The van der Waals surface area contributed by atoms with Gasteiger partial charge in [-0.05, 0) is 54.1 Å². The number of rotatable bonds is 6. The van der Waals surface area contributed by atoms with Crippen molar-refractivity contribution in [2.75, 3.05) is 0 Å². The summed E-state index contributed by atoms with van der Waals surface area (Å²) >= 11 is 8.53. The Balaban J connectivity index is 1.63. The van der Waals surface area contributed by atoms with Gasteiger partial charge in [0, 0.05) is 12.2 Å². The number of carbonyl (C=O) groups excluding carboxylic acids is 1. The molecule has 0 spiro atoms. The summed E-state index contributed by atoms with van der Waals surface area (Å²) in [5.41, 5.74) is 0. The number of amides is 1. The largest absolute Gasteiger partial charge is 0.454 e. The van der Waals surface area contributed by atoms with Crippen LogP contribution in [0.1, 0.15) is 42.0 Å². The lowest BCUT2D eigenvalue weighted by molar-refractivity contribution is 0.0919. The number of H-pyrrole nitrogens is 1. The molecular formula is C15H17BrN6O2S. The lowest BCUT2D eigenvalue weighted by Crippen LogP contribution is -2.24. The lowest BCUT2D eigenvalue weighted by Gasteiger charge is -2.10. The Hall–Kier alpha value is -2.20. The van der Waals surface area contributed by atoms with E-state index in [9.17, 15) is 4.79 Å². The molecule has 0 aliphatic rings. The van der Waals surface area contributed by atoms with E-state index in [0.29, 0.717) is 22.9 Å². The number of carbonyl (C=O) groups is 1. The molecule has 3 heterocycles. The summed E-state index contributed by atoms with van der Waals surface area (Å²) in [6, 6.07) is 3.55. The molecule has 0 fully saturated rings. The molecule has 8 nitrogen and oxygen atoms in total. The van der Waals surface area contributed by atoms with Crippen LogP contribution in [0.15, 0.2) is 33.4 Å². The van der Waals surface area contributed by atoms with Crippen LogP contribution >= 0.6 is 28.1 Å². The van der Waals surface area contributed by atoms with Crippen LogP contribution in [-0.4, -0.2) is 30.5 Å². The molecule has 0 aliphatic carbocycles. The maximum absolute atomic E-state index is 12.3. The van der Waals surface area contributed by atoms with E-state index in [1.807, 2.05) is 24.6 Å². The Morgan fingerprint density at radius 2 is 2.28 bits per heavy atom. The smallest absolute Gasteiger partial charge is 0.287 e. The Labute approximate surface area is 157 Å². The van der Waals surface area contributed by atoms with Crippen LogP contribution in [0.25, 0.3) is 0 Å². The molecule has 3 aromatic rings. The van der Waals surface area contributed by atoms with Gasteiger partial charge in [-0.25, -0.2) is 0 Å². The standard InChI is InChI=1S/C15H17BrN6O2S/c1-9(2)22-13(19-20-15(22)25)6-17-14(23)12-4-3-11(24-12)8-21-7-10(16)5-18-21/h3-5,7,9H,6,8H2,1-2H3,(H,17,23)(H,20,25). The van der Waals surface area contributed by atoms with Gasteiger partial charge in [0.15, 0.2) is 16.4 Å². The first-order chi connectivity index (χ1) is 11.9. The molecule has 3 rings (SSSR count). The number of furan rings is 1. The predicted octanol–water partition coefficient (Wildman–Crippen LogP) is 3.05. The summed E-state index contributed by atoms with van der Waals surface area (Å²) in [5, 5.41) is 13.8. The first kappa shape index (κ1) is 17.6. The molecule has 0 aromatic carbocycles. The van der Waals surface area contributed by atoms with E-state index in [0.717, 1.165) is 4.47 Å². The molecule has 0 radical (unpaired) electrons. The van der Waals surface area contributed by atoms with Gasteiger partial charge < -0.3 is 14.3 Å². The Morgan fingerprint density at radius 1 is 1.48 bits per heavy atom. The molecule has 0 saturated carbocycles. The van der Waals surface area contributed by atoms with Gasteiger partial charge in [-0.1, -0.05) is 0 Å². The third-order valence-electron chi connectivity index (χ3n) is 3.51. The Morgan fingerprint density at radius 3 is 2.96 bits per heavy atom. The fourth-order valence-corrected chi connectivity index (χ4v) is 3.10. The number of halogens is 1. The fourth-order valence-electron chi connectivity index (χ4n) is 2.41. The van der Waals surface area contributed by atoms with Gasteiger partial charge in [-0.2, -0.15) is 10.2 Å². The third-order valence-corrected chi connectivity index (χ3v) is 4.20.